The van der Waals surface area contributed by atoms with Gasteiger partial charge in [0.2, 0.25) is 0 Å². The lowest BCUT2D eigenvalue weighted by molar-refractivity contribution is -0.110. The Bertz CT molecular complexity index is 1030. The summed E-state index contributed by atoms with van der Waals surface area (Å²) >= 11 is 6.76. The minimum atomic E-state index is 0.0538. The summed E-state index contributed by atoms with van der Waals surface area (Å²) in [7, 11) is 0. The van der Waals surface area contributed by atoms with Gasteiger partial charge in [0, 0.05) is 17.2 Å². The maximum Gasteiger partial charge on any atom is 0.200 e. The molecule has 0 aliphatic heterocycles. The van der Waals surface area contributed by atoms with Gasteiger partial charge in [0.15, 0.2) is 9.44 Å². The first kappa shape index (κ1) is 16.1. The van der Waals surface area contributed by atoms with Gasteiger partial charge in [-0.3, -0.25) is 9.36 Å². The van der Waals surface area contributed by atoms with Gasteiger partial charge in [-0.2, -0.15) is 0 Å². The van der Waals surface area contributed by atoms with Crippen LogP contribution < -0.4 is 0 Å². The molecule has 0 N–H and O–H groups in total. The number of nitrogens with zero attached hydrogens (tertiary/aromatic N) is 1. The summed E-state index contributed by atoms with van der Waals surface area (Å²) < 4.78 is 2.58. The van der Waals surface area contributed by atoms with Gasteiger partial charge in [-0.15, -0.1) is 0 Å². The van der Waals surface area contributed by atoms with Crippen LogP contribution in [0.4, 0.5) is 0 Å². The van der Waals surface area contributed by atoms with Gasteiger partial charge in [0.05, 0.1) is 11.0 Å². The minimum absolute atomic E-state index is 0.0538. The number of rotatable bonds is 2. The molecule has 122 valence electrons. The quantitative estimate of drug-likeness (QED) is 0.444. The number of hydrogen-bond donors (Lipinski definition) is 0. The maximum atomic E-state index is 12.5. The molecule has 0 aliphatic carbocycles. The molecule has 0 bridgehead atoms. The fraction of sp³-hybridized carbons (Fsp3) is 0.0476. The molecule has 0 atom stereocenters. The second-order valence-corrected chi connectivity index (χ2v) is 7.46. The number of hydrogen-bond acceptors (Lipinski definition) is 3. The molecule has 4 rings (SSSR count). The third-order valence-corrected chi connectivity index (χ3v) is 5.32. The highest BCUT2D eigenvalue weighted by Crippen LogP contribution is 2.30. The van der Waals surface area contributed by atoms with Crippen molar-refractivity contribution < 1.29 is 4.79 Å². The van der Waals surface area contributed by atoms with Crippen LogP contribution in [0.1, 0.15) is 5.56 Å². The van der Waals surface area contributed by atoms with E-state index in [1.54, 1.807) is 0 Å². The molecule has 2 nitrogen and oxygen atoms in total. The molecule has 0 amide bonds. The SMILES string of the molecule is O=C(Cc1ccccc1)SC(=S)n1c2ccccc2c2ccccc21. The molecular formula is C21H15NOS2. The van der Waals surface area contributed by atoms with Gasteiger partial charge in [0.1, 0.15) is 0 Å². The van der Waals surface area contributed by atoms with Crippen molar-refractivity contribution in [3.05, 3.63) is 84.4 Å². The first-order valence-corrected chi connectivity index (χ1v) is 9.23. The van der Waals surface area contributed by atoms with Crippen molar-refractivity contribution in [3.8, 4) is 0 Å². The lowest BCUT2D eigenvalue weighted by Gasteiger charge is -2.08. The predicted octanol–water partition coefficient (Wildman–Crippen LogP) is 5.43. The van der Waals surface area contributed by atoms with Crippen LogP contribution in [0.2, 0.25) is 0 Å². The van der Waals surface area contributed by atoms with Crippen LogP contribution in [-0.2, 0) is 11.2 Å². The van der Waals surface area contributed by atoms with Crippen LogP contribution in [0, 0.1) is 0 Å². The standard InChI is InChI=1S/C21H15NOS2/c23-20(14-15-8-2-1-3-9-15)25-21(24)22-18-12-6-4-10-16(18)17-11-5-7-13-19(17)22/h1-13H,14H2. The third kappa shape index (κ3) is 3.11. The highest BCUT2D eigenvalue weighted by atomic mass is 32.2. The molecule has 0 saturated carbocycles. The molecule has 4 aromatic rings. The van der Waals surface area contributed by atoms with Gasteiger partial charge in [-0.05, 0) is 29.5 Å². The second kappa shape index (κ2) is 6.82. The molecule has 0 saturated heterocycles. The Kier molecular flexibility index (Phi) is 4.38. The van der Waals surface area contributed by atoms with Gasteiger partial charge < -0.3 is 0 Å². The van der Waals surface area contributed by atoms with E-state index in [0.717, 1.165) is 39.1 Å². The molecule has 25 heavy (non-hydrogen) atoms. The Morgan fingerprint density at radius 2 is 1.32 bits per heavy atom. The van der Waals surface area contributed by atoms with Crippen molar-refractivity contribution in [2.24, 2.45) is 0 Å². The zero-order valence-corrected chi connectivity index (χ0v) is 15.0. The number of thioether (sulfide) groups is 1. The Morgan fingerprint density at radius 3 is 1.92 bits per heavy atom. The third-order valence-electron chi connectivity index (χ3n) is 4.16. The van der Waals surface area contributed by atoms with E-state index in [4.69, 9.17) is 12.2 Å². The summed E-state index contributed by atoms with van der Waals surface area (Å²) in [5.74, 6) is 0. The fourth-order valence-corrected chi connectivity index (χ4v) is 4.26. The fourth-order valence-electron chi connectivity index (χ4n) is 3.06. The van der Waals surface area contributed by atoms with Crippen molar-refractivity contribution in [1.29, 1.82) is 0 Å². The Morgan fingerprint density at radius 1 is 0.800 bits per heavy atom. The van der Waals surface area contributed by atoms with E-state index in [1.807, 2.05) is 71.3 Å². The Hall–Kier alpha value is -2.43. The van der Waals surface area contributed by atoms with Crippen LogP contribution in [0.3, 0.4) is 0 Å². The van der Waals surface area contributed by atoms with Crippen LogP contribution in [0.25, 0.3) is 21.8 Å². The van der Waals surface area contributed by atoms with E-state index in [9.17, 15) is 4.79 Å². The van der Waals surface area contributed by atoms with Gasteiger partial charge in [-0.25, -0.2) is 0 Å². The number of para-hydroxylation sites is 2. The van der Waals surface area contributed by atoms with Crippen LogP contribution in [-0.4, -0.2) is 14.0 Å². The molecule has 0 fully saturated rings. The number of fused-ring (bicyclic) bond motifs is 3. The van der Waals surface area contributed by atoms with E-state index in [0.29, 0.717) is 10.7 Å². The molecule has 0 radical (unpaired) electrons. The van der Waals surface area contributed by atoms with Crippen molar-refractivity contribution in [3.63, 3.8) is 0 Å². The predicted molar refractivity (Wildman–Crippen MR) is 110 cm³/mol. The van der Waals surface area contributed by atoms with Crippen molar-refractivity contribution in [2.45, 2.75) is 6.42 Å². The molecular weight excluding hydrogens is 346 g/mol. The maximum absolute atomic E-state index is 12.5. The van der Waals surface area contributed by atoms with E-state index in [-0.39, 0.29) is 5.12 Å². The topological polar surface area (TPSA) is 22.0 Å². The van der Waals surface area contributed by atoms with Crippen molar-refractivity contribution >= 4 is 55.2 Å². The highest BCUT2D eigenvalue weighted by molar-refractivity contribution is 8.32. The summed E-state index contributed by atoms with van der Waals surface area (Å²) in [5.41, 5.74) is 3.08. The largest absolute Gasteiger partial charge is 0.294 e. The molecule has 4 heteroatoms. The summed E-state index contributed by atoms with van der Waals surface area (Å²) in [5, 5.41) is 2.35. The highest BCUT2D eigenvalue weighted by Gasteiger charge is 2.16. The van der Waals surface area contributed by atoms with Gasteiger partial charge in [-0.1, -0.05) is 78.9 Å². The molecule has 0 unspecified atom stereocenters. The first-order chi connectivity index (χ1) is 12.2. The molecule has 3 aromatic carbocycles. The van der Waals surface area contributed by atoms with E-state index < -0.39 is 0 Å². The number of carbonyl (C=O) groups excluding carboxylic acids is 1. The van der Waals surface area contributed by atoms with Crippen LogP contribution in [0.15, 0.2) is 78.9 Å². The molecule has 1 aromatic heterocycles. The van der Waals surface area contributed by atoms with Crippen molar-refractivity contribution in [1.82, 2.24) is 4.57 Å². The van der Waals surface area contributed by atoms with Gasteiger partial charge >= 0.3 is 0 Å². The minimum Gasteiger partial charge on any atom is -0.294 e. The zero-order chi connectivity index (χ0) is 17.2. The van der Waals surface area contributed by atoms with Crippen LogP contribution >= 0.6 is 24.0 Å². The number of aromatic nitrogens is 1. The van der Waals surface area contributed by atoms with E-state index >= 15 is 0 Å². The summed E-state index contributed by atoms with van der Waals surface area (Å²) in [6.07, 6.45) is 0.378. The Balaban J connectivity index is 1.69. The average Bonchev–Trinajstić information content (AvgIpc) is 2.97. The number of thiocarbonyl (C=S) groups is 1. The molecule has 0 spiro atoms. The number of carbonyl (C=O) groups is 1. The van der Waals surface area contributed by atoms with Crippen molar-refractivity contribution in [2.75, 3.05) is 0 Å². The first-order valence-electron chi connectivity index (χ1n) is 8.01. The second-order valence-electron chi connectivity index (χ2n) is 5.77. The lowest BCUT2D eigenvalue weighted by Crippen LogP contribution is -2.09. The summed E-state index contributed by atoms with van der Waals surface area (Å²) in [4.78, 5) is 12.5. The van der Waals surface area contributed by atoms with E-state index in [2.05, 4.69) is 12.1 Å². The smallest absolute Gasteiger partial charge is 0.200 e. The van der Waals surface area contributed by atoms with Gasteiger partial charge in [0.25, 0.3) is 0 Å². The average molecular weight is 361 g/mol. The van der Waals surface area contributed by atoms with Crippen LogP contribution in [0.5, 0.6) is 0 Å². The Labute approximate surface area is 155 Å². The summed E-state index contributed by atoms with van der Waals surface area (Å²) in [6, 6.07) is 26.1. The summed E-state index contributed by atoms with van der Waals surface area (Å²) in [6.45, 7) is 0. The molecule has 1 heterocycles. The monoisotopic (exact) mass is 361 g/mol. The zero-order valence-electron chi connectivity index (χ0n) is 13.4. The molecule has 0 aliphatic rings. The number of benzene rings is 3. The normalized spacial score (nSPS) is 11.0. The van der Waals surface area contributed by atoms with E-state index in [1.165, 1.54) is 0 Å². The lowest BCUT2D eigenvalue weighted by atomic mass is 10.2.